The topological polar surface area (TPSA) is 46.3 Å². The number of rotatable bonds is 1. The van der Waals surface area contributed by atoms with Crippen molar-refractivity contribution in [2.24, 2.45) is 28.9 Å². The van der Waals surface area contributed by atoms with Crippen molar-refractivity contribution in [2.75, 3.05) is 13.1 Å². The van der Waals surface area contributed by atoms with Crippen LogP contribution < -0.4 is 5.73 Å². The molecule has 4 heteroatoms. The van der Waals surface area contributed by atoms with Crippen molar-refractivity contribution in [1.29, 1.82) is 0 Å². The van der Waals surface area contributed by atoms with Crippen molar-refractivity contribution in [3.63, 3.8) is 0 Å². The van der Waals surface area contributed by atoms with Crippen LogP contribution in [0, 0.1) is 23.2 Å². The Morgan fingerprint density at radius 2 is 1.95 bits per heavy atom. The van der Waals surface area contributed by atoms with Crippen LogP contribution in [0.4, 0.5) is 0 Å². The van der Waals surface area contributed by atoms with Crippen LogP contribution in [0.5, 0.6) is 0 Å². The second-order valence-corrected chi connectivity index (χ2v) is 7.87. The Labute approximate surface area is 129 Å². The van der Waals surface area contributed by atoms with Gasteiger partial charge in [0.25, 0.3) is 0 Å². The van der Waals surface area contributed by atoms with Gasteiger partial charge in [0.05, 0.1) is 0 Å². The van der Waals surface area contributed by atoms with Crippen molar-refractivity contribution in [3.05, 3.63) is 0 Å². The minimum Gasteiger partial charge on any atom is -0.342 e. The number of nitrogens with two attached hydrogens (primary N) is 1. The highest BCUT2D eigenvalue weighted by Gasteiger charge is 2.44. The zero-order valence-electron chi connectivity index (χ0n) is 12.8. The first-order chi connectivity index (χ1) is 8.96. The molecule has 3 aliphatic rings. The summed E-state index contributed by atoms with van der Waals surface area (Å²) in [5.74, 6) is 1.98. The molecular formula is C16H29ClN2O. The molecule has 0 aromatic rings. The highest BCUT2D eigenvalue weighted by Crippen LogP contribution is 2.42. The molecule has 1 saturated heterocycles. The van der Waals surface area contributed by atoms with Crippen molar-refractivity contribution in [3.8, 4) is 0 Å². The van der Waals surface area contributed by atoms with Gasteiger partial charge in [0.1, 0.15) is 0 Å². The molecule has 3 fully saturated rings. The first-order valence-electron chi connectivity index (χ1n) is 8.01. The molecule has 4 unspecified atom stereocenters. The number of halogens is 1. The summed E-state index contributed by atoms with van der Waals surface area (Å²) >= 11 is 0. The van der Waals surface area contributed by atoms with Crippen LogP contribution in [0.15, 0.2) is 0 Å². The van der Waals surface area contributed by atoms with Gasteiger partial charge in [-0.05, 0) is 49.4 Å². The van der Waals surface area contributed by atoms with Crippen LogP contribution in [0.1, 0.15) is 52.4 Å². The van der Waals surface area contributed by atoms with E-state index in [-0.39, 0.29) is 18.3 Å². The SMILES string of the molecule is CC1(C)CCCC(C(=O)N2CC3CCC(N)C3C2)C1.Cl. The van der Waals surface area contributed by atoms with Crippen molar-refractivity contribution >= 4 is 18.3 Å². The lowest BCUT2D eigenvalue weighted by atomic mass is 9.72. The summed E-state index contributed by atoms with van der Waals surface area (Å²) in [5.41, 5.74) is 6.52. The van der Waals surface area contributed by atoms with Gasteiger partial charge in [-0.25, -0.2) is 0 Å². The molecule has 3 nitrogen and oxygen atoms in total. The first-order valence-corrected chi connectivity index (χ1v) is 8.01. The lowest BCUT2D eigenvalue weighted by molar-refractivity contribution is -0.137. The first kappa shape index (κ1) is 16.1. The van der Waals surface area contributed by atoms with Gasteiger partial charge < -0.3 is 10.6 Å². The minimum absolute atomic E-state index is 0. The molecule has 0 spiro atoms. The van der Waals surface area contributed by atoms with Crippen LogP contribution in [0.3, 0.4) is 0 Å². The highest BCUT2D eigenvalue weighted by atomic mass is 35.5. The summed E-state index contributed by atoms with van der Waals surface area (Å²) in [5, 5.41) is 0. The van der Waals surface area contributed by atoms with Gasteiger partial charge in [0.15, 0.2) is 0 Å². The molecule has 2 N–H and O–H groups in total. The second kappa shape index (κ2) is 5.84. The molecular weight excluding hydrogens is 272 g/mol. The predicted molar refractivity (Wildman–Crippen MR) is 83.8 cm³/mol. The number of likely N-dealkylation sites (tertiary alicyclic amines) is 1. The molecule has 2 aliphatic carbocycles. The lowest BCUT2D eigenvalue weighted by Gasteiger charge is -2.36. The third-order valence-corrected chi connectivity index (χ3v) is 5.78. The highest BCUT2D eigenvalue weighted by molar-refractivity contribution is 5.85. The summed E-state index contributed by atoms with van der Waals surface area (Å²) < 4.78 is 0. The van der Waals surface area contributed by atoms with Crippen molar-refractivity contribution in [2.45, 2.75) is 58.4 Å². The molecule has 2 saturated carbocycles. The monoisotopic (exact) mass is 300 g/mol. The predicted octanol–water partition coefficient (Wildman–Crippen LogP) is 2.82. The summed E-state index contributed by atoms with van der Waals surface area (Å²) in [6, 6.07) is 0.339. The number of nitrogens with zero attached hydrogens (tertiary/aromatic N) is 1. The zero-order chi connectivity index (χ0) is 13.6. The minimum atomic E-state index is 0. The number of amides is 1. The fraction of sp³-hybridized carbons (Fsp3) is 0.938. The summed E-state index contributed by atoms with van der Waals surface area (Å²) in [7, 11) is 0. The fourth-order valence-electron chi connectivity index (χ4n) is 4.65. The number of fused-ring (bicyclic) bond motifs is 1. The van der Waals surface area contributed by atoms with Crippen LogP contribution in [-0.2, 0) is 4.79 Å². The lowest BCUT2D eigenvalue weighted by Crippen LogP contribution is -2.40. The van der Waals surface area contributed by atoms with E-state index in [0.717, 1.165) is 32.4 Å². The maximum absolute atomic E-state index is 12.7. The van der Waals surface area contributed by atoms with Crippen LogP contribution in [0.2, 0.25) is 0 Å². The van der Waals surface area contributed by atoms with Gasteiger partial charge in [-0.2, -0.15) is 0 Å². The van der Waals surface area contributed by atoms with E-state index in [1.165, 1.54) is 19.3 Å². The number of hydrogen-bond acceptors (Lipinski definition) is 2. The van der Waals surface area contributed by atoms with Crippen LogP contribution in [-0.4, -0.2) is 29.9 Å². The molecule has 0 aromatic carbocycles. The molecule has 0 aromatic heterocycles. The average molecular weight is 301 g/mol. The molecule has 1 aliphatic heterocycles. The van der Waals surface area contributed by atoms with Crippen LogP contribution in [0.25, 0.3) is 0 Å². The van der Waals surface area contributed by atoms with Gasteiger partial charge in [-0.1, -0.05) is 20.3 Å². The smallest absolute Gasteiger partial charge is 0.225 e. The Hall–Kier alpha value is -0.280. The van der Waals surface area contributed by atoms with E-state index in [2.05, 4.69) is 18.7 Å². The van der Waals surface area contributed by atoms with E-state index in [4.69, 9.17) is 5.73 Å². The van der Waals surface area contributed by atoms with Gasteiger partial charge in [-0.3, -0.25) is 4.79 Å². The summed E-state index contributed by atoms with van der Waals surface area (Å²) in [6.45, 7) is 6.53. The normalized spacial score (nSPS) is 39.2. The van der Waals surface area contributed by atoms with E-state index in [0.29, 0.717) is 29.2 Å². The Balaban J connectivity index is 0.00000147. The molecule has 20 heavy (non-hydrogen) atoms. The van der Waals surface area contributed by atoms with Gasteiger partial charge in [-0.15, -0.1) is 12.4 Å². The Morgan fingerprint density at radius 3 is 2.60 bits per heavy atom. The molecule has 4 atom stereocenters. The summed E-state index contributed by atoms with van der Waals surface area (Å²) in [6.07, 6.45) is 7.04. The third-order valence-electron chi connectivity index (χ3n) is 5.78. The molecule has 1 amide bonds. The van der Waals surface area contributed by atoms with Crippen molar-refractivity contribution < 1.29 is 4.79 Å². The number of carbonyl (C=O) groups is 1. The Bertz CT molecular complexity index is 371. The molecule has 3 rings (SSSR count). The van der Waals surface area contributed by atoms with E-state index < -0.39 is 0 Å². The van der Waals surface area contributed by atoms with E-state index in [1.54, 1.807) is 0 Å². The standard InChI is InChI=1S/C16H28N2O.ClH/c1-16(2)7-3-4-11(8-16)15(19)18-9-12-5-6-14(17)13(12)10-18;/h11-14H,3-10,17H2,1-2H3;1H. The van der Waals surface area contributed by atoms with E-state index in [1.807, 2.05) is 0 Å². The number of hydrogen-bond donors (Lipinski definition) is 1. The van der Waals surface area contributed by atoms with E-state index >= 15 is 0 Å². The molecule has 116 valence electrons. The average Bonchev–Trinajstić information content (AvgIpc) is 2.90. The zero-order valence-corrected chi connectivity index (χ0v) is 13.6. The maximum atomic E-state index is 12.7. The molecule has 1 heterocycles. The van der Waals surface area contributed by atoms with E-state index in [9.17, 15) is 4.79 Å². The summed E-state index contributed by atoms with van der Waals surface area (Å²) in [4.78, 5) is 14.9. The largest absolute Gasteiger partial charge is 0.342 e. The quantitative estimate of drug-likeness (QED) is 0.809. The Morgan fingerprint density at radius 1 is 1.20 bits per heavy atom. The van der Waals surface area contributed by atoms with Crippen molar-refractivity contribution in [1.82, 2.24) is 4.90 Å². The van der Waals surface area contributed by atoms with Gasteiger partial charge in [0.2, 0.25) is 5.91 Å². The van der Waals surface area contributed by atoms with Gasteiger partial charge >= 0.3 is 0 Å². The second-order valence-electron chi connectivity index (χ2n) is 7.87. The van der Waals surface area contributed by atoms with Gasteiger partial charge in [0, 0.05) is 25.0 Å². The Kier molecular flexibility index (Phi) is 4.70. The fourth-order valence-corrected chi connectivity index (χ4v) is 4.65. The molecule has 0 radical (unpaired) electrons. The number of carbonyl (C=O) groups excluding carboxylic acids is 1. The maximum Gasteiger partial charge on any atom is 0.225 e. The van der Waals surface area contributed by atoms with Crippen LogP contribution >= 0.6 is 12.4 Å². The third kappa shape index (κ3) is 2.99. The molecule has 0 bridgehead atoms.